The van der Waals surface area contributed by atoms with Crippen LogP contribution in [0.5, 0.6) is 0 Å². The van der Waals surface area contributed by atoms with Crippen molar-refractivity contribution in [3.8, 4) is 0 Å². The Morgan fingerprint density at radius 3 is 2.59 bits per heavy atom. The number of hydrogen-bond donors (Lipinski definition) is 2. The molecule has 0 atom stereocenters. The maximum atomic E-state index is 13.8. The molecule has 3 amide bonds. The first kappa shape index (κ1) is 27.3. The predicted molar refractivity (Wildman–Crippen MR) is 161 cm³/mol. The van der Waals surface area contributed by atoms with Crippen LogP contribution in [-0.2, 0) is 20.1 Å². The summed E-state index contributed by atoms with van der Waals surface area (Å²) < 4.78 is 1.80. The first-order chi connectivity index (χ1) is 20.0. The van der Waals surface area contributed by atoms with Crippen molar-refractivity contribution in [1.29, 1.82) is 0 Å². The molecule has 216 valence electrons. The van der Waals surface area contributed by atoms with Gasteiger partial charge in [0.2, 0.25) is 0 Å². The molecule has 1 aromatic heterocycles. The number of anilines is 3. The third-order valence-electron chi connectivity index (χ3n) is 8.96. The molecule has 0 spiro atoms. The van der Waals surface area contributed by atoms with Gasteiger partial charge >= 0.3 is 6.03 Å². The first-order valence-corrected chi connectivity index (χ1v) is 15.0. The zero-order valence-corrected chi connectivity index (χ0v) is 24.2. The van der Waals surface area contributed by atoms with Crippen molar-refractivity contribution in [3.63, 3.8) is 0 Å². The fraction of sp³-hybridized carbons (Fsp3) is 0.469. The molecule has 3 heterocycles. The summed E-state index contributed by atoms with van der Waals surface area (Å²) in [5.74, 6) is 1.65. The van der Waals surface area contributed by atoms with Gasteiger partial charge in [0.05, 0.1) is 24.1 Å². The highest BCUT2D eigenvalue weighted by molar-refractivity contribution is 6.08. The van der Waals surface area contributed by atoms with Gasteiger partial charge in [0.15, 0.2) is 0 Å². The van der Waals surface area contributed by atoms with E-state index in [2.05, 4.69) is 20.6 Å². The summed E-state index contributed by atoms with van der Waals surface area (Å²) in [7, 11) is 1.89. The topological polar surface area (TPSA) is 85.7 Å². The quantitative estimate of drug-likeness (QED) is 0.461. The number of rotatable bonds is 5. The maximum Gasteiger partial charge on any atom is 0.317 e. The van der Waals surface area contributed by atoms with E-state index in [0.717, 1.165) is 66.0 Å². The molecular formula is C32H41N7O2. The minimum absolute atomic E-state index is 0.0113. The predicted octanol–water partition coefficient (Wildman–Crippen LogP) is 5.04. The molecule has 1 saturated carbocycles. The number of benzene rings is 2. The lowest BCUT2D eigenvalue weighted by atomic mass is 9.89. The molecule has 6 rings (SSSR count). The number of amides is 3. The van der Waals surface area contributed by atoms with E-state index in [1.54, 1.807) is 9.58 Å². The van der Waals surface area contributed by atoms with Crippen LogP contribution in [0, 0.1) is 12.8 Å². The van der Waals surface area contributed by atoms with Gasteiger partial charge in [-0.3, -0.25) is 14.4 Å². The minimum atomic E-state index is -0.0688. The zero-order valence-electron chi connectivity index (χ0n) is 24.2. The van der Waals surface area contributed by atoms with Crippen molar-refractivity contribution in [2.45, 2.75) is 52.1 Å². The number of carbonyl (C=O) groups is 2. The molecule has 3 aliphatic rings. The summed E-state index contributed by atoms with van der Waals surface area (Å²) in [6, 6.07) is 13.6. The van der Waals surface area contributed by atoms with Crippen LogP contribution in [0.15, 0.2) is 48.7 Å². The highest BCUT2D eigenvalue weighted by Crippen LogP contribution is 2.36. The number of urea groups is 1. The highest BCUT2D eigenvalue weighted by Gasteiger charge is 2.27. The largest absolute Gasteiger partial charge is 0.338 e. The molecule has 2 aromatic carbocycles. The third kappa shape index (κ3) is 5.95. The van der Waals surface area contributed by atoms with Gasteiger partial charge in [0, 0.05) is 57.4 Å². The monoisotopic (exact) mass is 555 g/mol. The van der Waals surface area contributed by atoms with E-state index >= 15 is 0 Å². The van der Waals surface area contributed by atoms with Gasteiger partial charge in [0.1, 0.15) is 5.82 Å². The number of aryl methyl sites for hydroxylation is 2. The van der Waals surface area contributed by atoms with Gasteiger partial charge in [0.25, 0.3) is 5.91 Å². The molecule has 1 aliphatic carbocycles. The van der Waals surface area contributed by atoms with Gasteiger partial charge in [-0.1, -0.05) is 37.5 Å². The number of hydrogen-bond acceptors (Lipinski definition) is 5. The number of aromatic nitrogens is 2. The van der Waals surface area contributed by atoms with Gasteiger partial charge in [-0.2, -0.15) is 5.10 Å². The van der Waals surface area contributed by atoms with Crippen LogP contribution >= 0.6 is 0 Å². The molecule has 1 saturated heterocycles. The molecule has 41 heavy (non-hydrogen) atoms. The summed E-state index contributed by atoms with van der Waals surface area (Å²) in [5, 5.41) is 10.9. The van der Waals surface area contributed by atoms with Crippen LogP contribution in [0.1, 0.15) is 59.2 Å². The Bertz CT molecular complexity index is 1400. The summed E-state index contributed by atoms with van der Waals surface area (Å²) in [4.78, 5) is 33.0. The maximum absolute atomic E-state index is 13.8. The fourth-order valence-corrected chi connectivity index (χ4v) is 6.47. The number of nitrogens with one attached hydrogen (secondary N) is 2. The third-order valence-corrected chi connectivity index (χ3v) is 8.96. The smallest absolute Gasteiger partial charge is 0.317 e. The molecule has 3 aromatic rings. The summed E-state index contributed by atoms with van der Waals surface area (Å²) in [5.41, 5.74) is 5.28. The number of nitrogens with zero attached hydrogens (tertiary/aromatic N) is 5. The second kappa shape index (κ2) is 11.9. The lowest BCUT2D eigenvalue weighted by Crippen LogP contribution is -2.52. The lowest BCUT2D eigenvalue weighted by molar-refractivity contribution is 0.0985. The van der Waals surface area contributed by atoms with Crippen molar-refractivity contribution >= 4 is 29.1 Å². The fourth-order valence-electron chi connectivity index (χ4n) is 6.47. The Labute approximate surface area is 242 Å². The Morgan fingerprint density at radius 1 is 1.02 bits per heavy atom. The molecule has 2 fully saturated rings. The first-order valence-electron chi connectivity index (χ1n) is 15.0. The van der Waals surface area contributed by atoms with Crippen LogP contribution in [0.25, 0.3) is 0 Å². The molecule has 9 nitrogen and oxygen atoms in total. The SMILES string of the molecule is Cc1cc(C(=O)N2Cc3cnn(C)c3Nc3ccccc32)ccc1CNC(=O)N1CCN(CC2CCCCC2)CC1. The van der Waals surface area contributed by atoms with E-state index in [0.29, 0.717) is 18.7 Å². The van der Waals surface area contributed by atoms with Gasteiger partial charge in [-0.25, -0.2) is 4.79 Å². The zero-order chi connectivity index (χ0) is 28.3. The molecule has 9 heteroatoms. The van der Waals surface area contributed by atoms with Crippen LogP contribution in [0.4, 0.5) is 22.0 Å². The van der Waals surface area contributed by atoms with E-state index < -0.39 is 0 Å². The lowest BCUT2D eigenvalue weighted by Gasteiger charge is -2.37. The standard InChI is InChI=1S/C32H41N7O2/c1-23-18-25(31(40)39-22-27-20-34-36(2)30(27)35-28-10-6-7-11-29(28)39)12-13-26(23)19-33-32(41)38-16-14-37(15-17-38)21-24-8-4-3-5-9-24/h6-7,10-13,18,20,24,35H,3-5,8-9,14-17,19,21-22H2,1-2H3,(H,33,41). The van der Waals surface area contributed by atoms with Crippen LogP contribution in [-0.4, -0.2) is 64.2 Å². The Hall–Kier alpha value is -3.85. The van der Waals surface area contributed by atoms with E-state index in [9.17, 15) is 9.59 Å². The van der Waals surface area contributed by atoms with E-state index in [-0.39, 0.29) is 11.9 Å². The second-order valence-corrected chi connectivity index (χ2v) is 11.8. The minimum Gasteiger partial charge on any atom is -0.338 e. The summed E-state index contributed by atoms with van der Waals surface area (Å²) >= 11 is 0. The van der Waals surface area contributed by atoms with Crippen LogP contribution in [0.3, 0.4) is 0 Å². The van der Waals surface area contributed by atoms with Crippen molar-refractivity contribution in [2.75, 3.05) is 42.9 Å². The number of piperazine rings is 1. The molecule has 0 unspecified atom stereocenters. The molecule has 2 aliphatic heterocycles. The Morgan fingerprint density at radius 2 is 1.80 bits per heavy atom. The van der Waals surface area contributed by atoms with E-state index in [1.807, 2.05) is 67.5 Å². The van der Waals surface area contributed by atoms with Crippen molar-refractivity contribution in [1.82, 2.24) is 24.9 Å². The Balaban J connectivity index is 1.07. The number of para-hydroxylation sites is 2. The van der Waals surface area contributed by atoms with Crippen LogP contribution in [0.2, 0.25) is 0 Å². The molecule has 2 N–H and O–H groups in total. The molecule has 0 radical (unpaired) electrons. The molecular weight excluding hydrogens is 514 g/mol. The molecule has 0 bridgehead atoms. The second-order valence-electron chi connectivity index (χ2n) is 11.8. The normalized spacial score (nSPS) is 17.8. The number of carbonyl (C=O) groups excluding carboxylic acids is 2. The van der Waals surface area contributed by atoms with Crippen LogP contribution < -0.4 is 15.5 Å². The summed E-state index contributed by atoms with van der Waals surface area (Å²) in [6.45, 7) is 7.51. The van der Waals surface area contributed by atoms with Gasteiger partial charge in [-0.05, 0) is 61.1 Å². The summed E-state index contributed by atoms with van der Waals surface area (Å²) in [6.07, 6.45) is 8.66. The van der Waals surface area contributed by atoms with Crippen molar-refractivity contribution in [3.05, 3.63) is 70.9 Å². The highest BCUT2D eigenvalue weighted by atomic mass is 16.2. The van der Waals surface area contributed by atoms with E-state index in [1.165, 1.54) is 38.6 Å². The van der Waals surface area contributed by atoms with Crippen molar-refractivity contribution in [2.24, 2.45) is 13.0 Å². The van der Waals surface area contributed by atoms with Gasteiger partial charge in [-0.15, -0.1) is 0 Å². The Kier molecular flexibility index (Phi) is 7.96. The average Bonchev–Trinajstić information content (AvgIpc) is 3.24. The van der Waals surface area contributed by atoms with Crippen molar-refractivity contribution < 1.29 is 9.59 Å². The average molecular weight is 556 g/mol. The van der Waals surface area contributed by atoms with E-state index in [4.69, 9.17) is 0 Å². The van der Waals surface area contributed by atoms with Gasteiger partial charge < -0.3 is 20.4 Å². The number of fused-ring (bicyclic) bond motifs is 2.